The molecule has 1 rings (SSSR count). The van der Waals surface area contributed by atoms with E-state index in [2.05, 4.69) is 10.6 Å². The molecule has 0 aliphatic rings. The maximum absolute atomic E-state index is 12.1. The van der Waals surface area contributed by atoms with Crippen LogP contribution >= 0.6 is 11.6 Å². The van der Waals surface area contributed by atoms with E-state index in [9.17, 15) is 19.7 Å². The van der Waals surface area contributed by atoms with E-state index in [1.54, 1.807) is 6.92 Å². The van der Waals surface area contributed by atoms with Crippen molar-refractivity contribution in [2.45, 2.75) is 19.9 Å². The summed E-state index contributed by atoms with van der Waals surface area (Å²) >= 11 is 5.77. The molecule has 9 heteroatoms. The molecule has 0 aliphatic heterocycles. The highest BCUT2D eigenvalue weighted by Crippen LogP contribution is 2.28. The summed E-state index contributed by atoms with van der Waals surface area (Å²) in [6.07, 6.45) is 0. The summed E-state index contributed by atoms with van der Waals surface area (Å²) in [7, 11) is 0. The van der Waals surface area contributed by atoms with Gasteiger partial charge < -0.3 is 16.4 Å². The molecule has 8 nitrogen and oxygen atoms in total. The van der Waals surface area contributed by atoms with Gasteiger partial charge in [0.15, 0.2) is 0 Å². The van der Waals surface area contributed by atoms with Gasteiger partial charge >= 0.3 is 0 Å². The fourth-order valence-electron chi connectivity index (χ4n) is 1.56. The molecule has 0 fully saturated rings. The molecule has 0 saturated heterocycles. The predicted molar refractivity (Wildman–Crippen MR) is 78.1 cm³/mol. The van der Waals surface area contributed by atoms with Crippen molar-refractivity contribution in [3.05, 3.63) is 32.8 Å². The topological polar surface area (TPSA) is 127 Å². The van der Waals surface area contributed by atoms with Crippen LogP contribution in [0.25, 0.3) is 0 Å². The highest BCUT2D eigenvalue weighted by molar-refractivity contribution is 6.34. The monoisotopic (exact) mass is 314 g/mol. The number of nitrogens with two attached hydrogens (primary N) is 1. The first kappa shape index (κ1) is 16.7. The number of halogens is 1. The number of carbonyl (C=O) groups is 2. The zero-order valence-corrected chi connectivity index (χ0v) is 12.2. The van der Waals surface area contributed by atoms with E-state index in [1.807, 2.05) is 0 Å². The number of anilines is 1. The Morgan fingerprint density at radius 2 is 2.10 bits per heavy atom. The third-order valence-corrected chi connectivity index (χ3v) is 2.97. The van der Waals surface area contributed by atoms with E-state index in [0.29, 0.717) is 6.54 Å². The molecule has 0 saturated carbocycles. The zero-order chi connectivity index (χ0) is 16.2. The maximum Gasteiger partial charge on any atom is 0.271 e. The van der Waals surface area contributed by atoms with Gasteiger partial charge in [-0.1, -0.05) is 11.6 Å². The number of likely N-dealkylation sites (N-methyl/N-ethyl adjacent to an activating group) is 1. The number of nitrogen functional groups attached to an aromatic ring is 1. The Balaban J connectivity index is 3.02. The van der Waals surface area contributed by atoms with Gasteiger partial charge in [0, 0.05) is 18.7 Å². The first-order valence-corrected chi connectivity index (χ1v) is 6.47. The Morgan fingerprint density at radius 1 is 1.48 bits per heavy atom. The van der Waals surface area contributed by atoms with Crippen LogP contribution < -0.4 is 16.4 Å². The van der Waals surface area contributed by atoms with Crippen molar-refractivity contribution >= 4 is 34.8 Å². The van der Waals surface area contributed by atoms with Crippen molar-refractivity contribution in [3.8, 4) is 0 Å². The van der Waals surface area contributed by atoms with Crippen molar-refractivity contribution in [1.82, 2.24) is 10.6 Å². The van der Waals surface area contributed by atoms with Crippen LogP contribution in [0.5, 0.6) is 0 Å². The molecule has 0 spiro atoms. The number of carbonyl (C=O) groups excluding carboxylic acids is 2. The zero-order valence-electron chi connectivity index (χ0n) is 11.5. The molecule has 1 atom stereocenters. The van der Waals surface area contributed by atoms with Gasteiger partial charge in [0.2, 0.25) is 5.91 Å². The van der Waals surface area contributed by atoms with Gasteiger partial charge in [0.1, 0.15) is 6.04 Å². The first-order chi connectivity index (χ1) is 9.77. The smallest absolute Gasteiger partial charge is 0.271 e. The van der Waals surface area contributed by atoms with Crippen LogP contribution in [0, 0.1) is 10.1 Å². The molecule has 0 bridgehead atoms. The van der Waals surface area contributed by atoms with Crippen LogP contribution in [-0.4, -0.2) is 29.3 Å². The van der Waals surface area contributed by atoms with E-state index in [1.165, 1.54) is 6.92 Å². The van der Waals surface area contributed by atoms with Gasteiger partial charge in [-0.25, -0.2) is 0 Å². The van der Waals surface area contributed by atoms with Gasteiger partial charge in [-0.05, 0) is 13.8 Å². The summed E-state index contributed by atoms with van der Waals surface area (Å²) in [6.45, 7) is 3.65. The number of rotatable bonds is 5. The molecule has 21 heavy (non-hydrogen) atoms. The average Bonchev–Trinajstić information content (AvgIpc) is 2.41. The van der Waals surface area contributed by atoms with Crippen molar-refractivity contribution in [1.29, 1.82) is 0 Å². The molecular formula is C12H15ClN4O4. The lowest BCUT2D eigenvalue weighted by Gasteiger charge is -2.14. The Kier molecular flexibility index (Phi) is 5.48. The van der Waals surface area contributed by atoms with E-state index < -0.39 is 16.9 Å². The highest BCUT2D eigenvalue weighted by atomic mass is 35.5. The quantitative estimate of drug-likeness (QED) is 0.426. The van der Waals surface area contributed by atoms with Gasteiger partial charge in [-0.3, -0.25) is 19.7 Å². The lowest BCUT2D eigenvalue weighted by atomic mass is 10.1. The summed E-state index contributed by atoms with van der Waals surface area (Å²) in [6, 6.07) is 1.26. The minimum absolute atomic E-state index is 0.0807. The molecular weight excluding hydrogens is 300 g/mol. The summed E-state index contributed by atoms with van der Waals surface area (Å²) in [5, 5.41) is 15.6. The lowest BCUT2D eigenvalue weighted by molar-refractivity contribution is -0.384. The summed E-state index contributed by atoms with van der Waals surface area (Å²) in [5.41, 5.74) is 5.06. The normalized spacial score (nSPS) is 11.6. The summed E-state index contributed by atoms with van der Waals surface area (Å²) in [5.74, 6) is -1.09. The molecule has 2 amide bonds. The number of hydrogen-bond donors (Lipinski definition) is 3. The number of nitrogens with one attached hydrogen (secondary N) is 2. The van der Waals surface area contributed by atoms with Gasteiger partial charge in [-0.2, -0.15) is 0 Å². The highest BCUT2D eigenvalue weighted by Gasteiger charge is 2.21. The second-order valence-electron chi connectivity index (χ2n) is 4.24. The number of hydrogen-bond acceptors (Lipinski definition) is 5. The van der Waals surface area contributed by atoms with E-state index in [0.717, 1.165) is 12.1 Å². The second kappa shape index (κ2) is 6.89. The van der Waals surface area contributed by atoms with E-state index >= 15 is 0 Å². The number of nitro groups is 1. The molecule has 0 radical (unpaired) electrons. The number of amides is 2. The Morgan fingerprint density at radius 3 is 2.62 bits per heavy atom. The minimum atomic E-state index is -0.810. The largest absolute Gasteiger partial charge is 0.397 e. The molecule has 0 aliphatic carbocycles. The lowest BCUT2D eigenvalue weighted by Crippen LogP contribution is -2.44. The van der Waals surface area contributed by atoms with Crippen LogP contribution in [0.3, 0.4) is 0 Å². The third kappa shape index (κ3) is 4.06. The van der Waals surface area contributed by atoms with Crippen molar-refractivity contribution in [3.63, 3.8) is 0 Å². The van der Waals surface area contributed by atoms with Gasteiger partial charge in [0.05, 0.1) is 21.2 Å². The summed E-state index contributed by atoms with van der Waals surface area (Å²) < 4.78 is 0. The Bertz CT molecular complexity index is 591. The molecule has 0 aromatic heterocycles. The second-order valence-corrected chi connectivity index (χ2v) is 4.64. The standard InChI is InChI=1S/C12H15ClN4O4/c1-3-15-11(18)6(2)16-12(19)8-4-7(17(20)21)5-9(13)10(8)14/h4-6H,3,14H2,1-2H3,(H,15,18)(H,16,19). The van der Waals surface area contributed by atoms with Crippen LogP contribution in [0.1, 0.15) is 24.2 Å². The van der Waals surface area contributed by atoms with Crippen molar-refractivity contribution in [2.75, 3.05) is 12.3 Å². The van der Waals surface area contributed by atoms with Crippen LogP contribution in [0.2, 0.25) is 5.02 Å². The number of nitrogens with zero attached hydrogens (tertiary/aromatic N) is 1. The molecule has 1 unspecified atom stereocenters. The molecule has 1 aromatic rings. The van der Waals surface area contributed by atoms with Crippen molar-refractivity contribution in [2.24, 2.45) is 0 Å². The molecule has 0 heterocycles. The van der Waals surface area contributed by atoms with Gasteiger partial charge in [0.25, 0.3) is 11.6 Å². The average molecular weight is 315 g/mol. The molecule has 1 aromatic carbocycles. The predicted octanol–water partition coefficient (Wildman–Crippen LogP) is 1.08. The van der Waals surface area contributed by atoms with Crippen LogP contribution in [0.15, 0.2) is 12.1 Å². The fraction of sp³-hybridized carbons (Fsp3) is 0.333. The molecule has 114 valence electrons. The van der Waals surface area contributed by atoms with E-state index in [-0.39, 0.29) is 27.9 Å². The third-order valence-electron chi connectivity index (χ3n) is 2.66. The molecule has 4 N–H and O–H groups in total. The number of nitro benzene ring substituents is 1. The SMILES string of the molecule is CCNC(=O)C(C)NC(=O)c1cc([N+](=O)[O-])cc(Cl)c1N. The Labute approximate surface area is 125 Å². The minimum Gasteiger partial charge on any atom is -0.397 e. The van der Waals surface area contributed by atoms with Crippen molar-refractivity contribution < 1.29 is 14.5 Å². The Hall–Kier alpha value is -2.35. The van der Waals surface area contributed by atoms with Crippen LogP contribution in [-0.2, 0) is 4.79 Å². The number of benzene rings is 1. The van der Waals surface area contributed by atoms with E-state index in [4.69, 9.17) is 17.3 Å². The fourth-order valence-corrected chi connectivity index (χ4v) is 1.78. The van der Waals surface area contributed by atoms with Gasteiger partial charge in [-0.15, -0.1) is 0 Å². The summed E-state index contributed by atoms with van der Waals surface area (Å²) in [4.78, 5) is 33.7. The van der Waals surface area contributed by atoms with Crippen LogP contribution in [0.4, 0.5) is 11.4 Å². The maximum atomic E-state index is 12.1. The number of non-ortho nitro benzene ring substituents is 1. The first-order valence-electron chi connectivity index (χ1n) is 6.09.